The molecule has 0 aliphatic rings. The fraction of sp³-hybridized carbons (Fsp3) is 0.0714. The molecule has 0 atom stereocenters. The summed E-state index contributed by atoms with van der Waals surface area (Å²) < 4.78 is 26.9. The number of benzene rings is 1. The van der Waals surface area contributed by atoms with Gasteiger partial charge in [0, 0.05) is 18.1 Å². The van der Waals surface area contributed by atoms with E-state index in [0.29, 0.717) is 11.4 Å². The van der Waals surface area contributed by atoms with E-state index in [0.717, 1.165) is 0 Å². The van der Waals surface area contributed by atoms with E-state index < -0.39 is 15.7 Å². The molecule has 0 aliphatic carbocycles. The highest BCUT2D eigenvalue weighted by molar-refractivity contribution is 7.92. The Morgan fingerprint density at radius 1 is 1.08 bits per heavy atom. The van der Waals surface area contributed by atoms with Crippen molar-refractivity contribution >= 4 is 27.5 Å². The number of nitrogens with one attached hydrogen (secondary N) is 3. The minimum absolute atomic E-state index is 0.0147. The Labute approximate surface area is 142 Å². The van der Waals surface area contributed by atoms with Crippen molar-refractivity contribution in [1.29, 1.82) is 0 Å². The molecule has 2 heterocycles. The molecule has 0 saturated heterocycles. The Kier molecular flexibility index (Phi) is 4.39. The van der Waals surface area contributed by atoms with Crippen LogP contribution in [-0.4, -0.2) is 33.6 Å². The fourth-order valence-corrected chi connectivity index (χ4v) is 2.85. The van der Waals surface area contributed by atoms with E-state index in [1.165, 1.54) is 24.5 Å². The van der Waals surface area contributed by atoms with Crippen molar-refractivity contribution in [2.24, 2.45) is 0 Å². The molecule has 0 aliphatic heterocycles. The molecule has 0 amide bonds. The Hall–Kier alpha value is -3.34. The minimum Gasteiger partial charge on any atom is -0.338 e. The van der Waals surface area contributed by atoms with Gasteiger partial charge in [-0.1, -0.05) is 0 Å². The number of aromatic nitrogens is 5. The van der Waals surface area contributed by atoms with Gasteiger partial charge in [-0.15, -0.1) is 0 Å². The number of rotatable bonds is 5. The third kappa shape index (κ3) is 3.95. The molecule has 1 aromatic carbocycles. The maximum absolute atomic E-state index is 12.3. The summed E-state index contributed by atoms with van der Waals surface area (Å²) in [5.74, 6) is 0.272. The topological polar surface area (TPSA) is 143 Å². The third-order valence-corrected chi connectivity index (χ3v) is 4.44. The van der Waals surface area contributed by atoms with Crippen LogP contribution < -0.4 is 15.7 Å². The van der Waals surface area contributed by atoms with Gasteiger partial charge in [-0.3, -0.25) is 0 Å². The minimum atomic E-state index is -3.80. The molecule has 0 saturated carbocycles. The first-order chi connectivity index (χ1) is 11.9. The molecule has 3 aromatic rings. The molecule has 0 fully saturated rings. The van der Waals surface area contributed by atoms with Gasteiger partial charge in [0.1, 0.15) is 5.69 Å². The molecule has 3 rings (SSSR count). The molecular formula is C14H13N7O3S. The summed E-state index contributed by atoms with van der Waals surface area (Å²) in [6.45, 7) is 1.67. The molecular weight excluding hydrogens is 346 g/mol. The number of hydrogen-bond acceptors (Lipinski definition) is 8. The van der Waals surface area contributed by atoms with Crippen molar-refractivity contribution in [3.05, 3.63) is 58.9 Å². The van der Waals surface area contributed by atoms with Crippen molar-refractivity contribution in [2.75, 3.05) is 10.0 Å². The van der Waals surface area contributed by atoms with Crippen LogP contribution in [0.25, 0.3) is 0 Å². The highest BCUT2D eigenvalue weighted by Gasteiger charge is 2.15. The van der Waals surface area contributed by atoms with Gasteiger partial charge in [-0.05, 0) is 37.3 Å². The SMILES string of the molecule is Cc1n[nH]c(=O)nc1Nc1ccc(S(=O)(=O)Nc2ncccn2)cc1. The quantitative estimate of drug-likeness (QED) is 0.607. The van der Waals surface area contributed by atoms with Gasteiger partial charge in [-0.25, -0.2) is 33.0 Å². The smallest absolute Gasteiger partial charge is 0.338 e. The summed E-state index contributed by atoms with van der Waals surface area (Å²) in [5, 5.41) is 8.93. The highest BCUT2D eigenvalue weighted by atomic mass is 32.2. The predicted molar refractivity (Wildman–Crippen MR) is 90.0 cm³/mol. The molecule has 0 unspecified atom stereocenters. The van der Waals surface area contributed by atoms with E-state index >= 15 is 0 Å². The first-order valence-electron chi connectivity index (χ1n) is 7.04. The molecule has 2 aromatic heterocycles. The van der Waals surface area contributed by atoms with E-state index in [-0.39, 0.29) is 16.7 Å². The second kappa shape index (κ2) is 6.65. The van der Waals surface area contributed by atoms with Crippen molar-refractivity contribution in [2.45, 2.75) is 11.8 Å². The number of H-pyrrole nitrogens is 1. The number of anilines is 3. The normalized spacial score (nSPS) is 11.1. The lowest BCUT2D eigenvalue weighted by Crippen LogP contribution is -2.16. The van der Waals surface area contributed by atoms with Crippen molar-refractivity contribution in [1.82, 2.24) is 25.1 Å². The standard InChI is InChI=1S/C14H13N7O3S/c1-9-12(18-14(22)20-19-9)17-10-3-5-11(6-4-10)25(23,24)21-13-15-7-2-8-16-13/h2-8H,1H3,(H,15,16,21)(H2,17,18,20,22). The van der Waals surface area contributed by atoms with Crippen molar-refractivity contribution in [3.8, 4) is 0 Å². The molecule has 10 nitrogen and oxygen atoms in total. The Morgan fingerprint density at radius 3 is 2.44 bits per heavy atom. The summed E-state index contributed by atoms with van der Waals surface area (Å²) in [4.78, 5) is 22.7. The maximum Gasteiger partial charge on any atom is 0.363 e. The van der Waals surface area contributed by atoms with Crippen LogP contribution in [0.4, 0.5) is 17.5 Å². The summed E-state index contributed by atoms with van der Waals surface area (Å²) in [6.07, 6.45) is 2.87. The Balaban J connectivity index is 1.80. The van der Waals surface area contributed by atoms with Crippen LogP contribution in [0.5, 0.6) is 0 Å². The molecule has 11 heteroatoms. The number of hydrogen-bond donors (Lipinski definition) is 3. The molecule has 0 radical (unpaired) electrons. The second-order valence-corrected chi connectivity index (χ2v) is 6.58. The Morgan fingerprint density at radius 2 is 1.76 bits per heavy atom. The first-order valence-corrected chi connectivity index (χ1v) is 8.52. The molecule has 25 heavy (non-hydrogen) atoms. The lowest BCUT2D eigenvalue weighted by atomic mass is 10.3. The van der Waals surface area contributed by atoms with Gasteiger partial charge in [0.2, 0.25) is 5.95 Å². The van der Waals surface area contributed by atoms with Crippen LogP contribution in [0.15, 0.2) is 52.4 Å². The van der Waals surface area contributed by atoms with Crippen molar-refractivity contribution in [3.63, 3.8) is 0 Å². The molecule has 128 valence electrons. The van der Waals surface area contributed by atoms with Crippen LogP contribution in [-0.2, 0) is 10.0 Å². The summed E-state index contributed by atoms with van der Waals surface area (Å²) in [5.41, 5.74) is 0.469. The van der Waals surface area contributed by atoms with Gasteiger partial charge >= 0.3 is 5.69 Å². The second-order valence-electron chi connectivity index (χ2n) is 4.90. The van der Waals surface area contributed by atoms with E-state index in [4.69, 9.17) is 0 Å². The molecule has 0 bridgehead atoms. The monoisotopic (exact) mass is 359 g/mol. The predicted octanol–water partition coefficient (Wildman–Crippen LogP) is 0.808. The maximum atomic E-state index is 12.3. The number of aromatic amines is 1. The zero-order chi connectivity index (χ0) is 17.9. The van der Waals surface area contributed by atoms with E-state index in [2.05, 4.69) is 35.2 Å². The van der Waals surface area contributed by atoms with Gasteiger partial charge < -0.3 is 5.32 Å². The zero-order valence-electron chi connectivity index (χ0n) is 13.0. The van der Waals surface area contributed by atoms with Gasteiger partial charge in [0.15, 0.2) is 5.82 Å². The van der Waals surface area contributed by atoms with E-state index in [9.17, 15) is 13.2 Å². The van der Waals surface area contributed by atoms with Crippen LogP contribution in [0.3, 0.4) is 0 Å². The van der Waals surface area contributed by atoms with Crippen LogP contribution in [0.1, 0.15) is 5.69 Å². The summed E-state index contributed by atoms with van der Waals surface area (Å²) in [6, 6.07) is 7.48. The first kappa shape index (κ1) is 16.5. The lowest BCUT2D eigenvalue weighted by molar-refractivity contribution is 0.601. The van der Waals surface area contributed by atoms with Gasteiger partial charge in [0.25, 0.3) is 10.0 Å². The molecule has 3 N–H and O–H groups in total. The van der Waals surface area contributed by atoms with Gasteiger partial charge in [-0.2, -0.15) is 10.1 Å². The largest absolute Gasteiger partial charge is 0.363 e. The highest BCUT2D eigenvalue weighted by Crippen LogP contribution is 2.19. The molecule has 0 spiro atoms. The lowest BCUT2D eigenvalue weighted by Gasteiger charge is -2.09. The fourth-order valence-electron chi connectivity index (χ4n) is 1.90. The number of aryl methyl sites for hydroxylation is 1. The third-order valence-electron chi connectivity index (χ3n) is 3.09. The van der Waals surface area contributed by atoms with Crippen molar-refractivity contribution < 1.29 is 8.42 Å². The Bertz CT molecular complexity index is 1030. The number of sulfonamides is 1. The average Bonchev–Trinajstić information content (AvgIpc) is 2.59. The van der Waals surface area contributed by atoms with E-state index in [1.54, 1.807) is 25.1 Å². The van der Waals surface area contributed by atoms with Crippen LogP contribution in [0, 0.1) is 6.92 Å². The summed E-state index contributed by atoms with van der Waals surface area (Å²) >= 11 is 0. The van der Waals surface area contributed by atoms with Crippen LogP contribution in [0.2, 0.25) is 0 Å². The number of nitrogens with zero attached hydrogens (tertiary/aromatic N) is 4. The van der Waals surface area contributed by atoms with E-state index in [1.807, 2.05) is 0 Å². The zero-order valence-corrected chi connectivity index (χ0v) is 13.8. The van der Waals surface area contributed by atoms with Crippen LogP contribution >= 0.6 is 0 Å². The van der Waals surface area contributed by atoms with Gasteiger partial charge in [0.05, 0.1) is 4.90 Å². The average molecular weight is 359 g/mol. The summed E-state index contributed by atoms with van der Waals surface area (Å²) in [7, 11) is -3.80.